The lowest BCUT2D eigenvalue weighted by molar-refractivity contribution is 0.183. The van der Waals surface area contributed by atoms with Crippen LogP contribution in [0.1, 0.15) is 44.8 Å². The van der Waals surface area contributed by atoms with Gasteiger partial charge in [-0.25, -0.2) is 0 Å². The molecule has 0 aliphatic carbocycles. The third-order valence-electron chi connectivity index (χ3n) is 3.31. The molecule has 0 saturated heterocycles. The van der Waals surface area contributed by atoms with Crippen molar-refractivity contribution in [2.75, 3.05) is 11.9 Å². The van der Waals surface area contributed by atoms with Crippen molar-refractivity contribution in [3.8, 4) is 6.07 Å². The van der Waals surface area contributed by atoms with E-state index in [4.69, 9.17) is 5.26 Å². The summed E-state index contributed by atoms with van der Waals surface area (Å²) in [5, 5.41) is 21.7. The monoisotopic (exact) mass is 246 g/mol. The van der Waals surface area contributed by atoms with Crippen molar-refractivity contribution >= 4 is 5.69 Å². The van der Waals surface area contributed by atoms with Gasteiger partial charge in [0.1, 0.15) is 0 Å². The summed E-state index contributed by atoms with van der Waals surface area (Å²) in [5.74, 6) is 0.678. The Morgan fingerprint density at radius 2 is 2.06 bits per heavy atom. The topological polar surface area (TPSA) is 56.0 Å². The Morgan fingerprint density at radius 3 is 2.67 bits per heavy atom. The molecule has 0 aromatic heterocycles. The standard InChI is InChI=1S/C15H22N2O/c1-3-12(4-2)11-17-14-7-5-6-13(10-14)15(18)8-9-16/h5-7,10,12,15,17-18H,3-4,8,11H2,1-2H3. The van der Waals surface area contributed by atoms with E-state index in [0.29, 0.717) is 5.92 Å². The van der Waals surface area contributed by atoms with Crippen LogP contribution in [0.5, 0.6) is 0 Å². The van der Waals surface area contributed by atoms with Gasteiger partial charge >= 0.3 is 0 Å². The van der Waals surface area contributed by atoms with Gasteiger partial charge in [-0.2, -0.15) is 5.26 Å². The number of benzene rings is 1. The summed E-state index contributed by atoms with van der Waals surface area (Å²) in [5.41, 5.74) is 1.81. The minimum atomic E-state index is -0.690. The van der Waals surface area contributed by atoms with E-state index < -0.39 is 6.10 Å². The summed E-state index contributed by atoms with van der Waals surface area (Å²) in [6, 6.07) is 9.65. The van der Waals surface area contributed by atoms with E-state index in [1.807, 2.05) is 30.3 Å². The Kier molecular flexibility index (Phi) is 6.24. The predicted octanol–water partition coefficient (Wildman–Crippen LogP) is 3.48. The number of hydrogen-bond acceptors (Lipinski definition) is 3. The third kappa shape index (κ3) is 4.38. The first-order valence-corrected chi connectivity index (χ1v) is 6.60. The van der Waals surface area contributed by atoms with Gasteiger partial charge in [0.15, 0.2) is 0 Å². The summed E-state index contributed by atoms with van der Waals surface area (Å²) in [6.45, 7) is 5.34. The van der Waals surface area contributed by atoms with Gasteiger partial charge in [-0.3, -0.25) is 0 Å². The number of rotatable bonds is 7. The highest BCUT2D eigenvalue weighted by Gasteiger charge is 2.08. The number of nitriles is 1. The van der Waals surface area contributed by atoms with Crippen LogP contribution in [0.2, 0.25) is 0 Å². The molecule has 1 atom stereocenters. The van der Waals surface area contributed by atoms with Crippen LogP contribution < -0.4 is 5.32 Å². The molecule has 0 amide bonds. The SMILES string of the molecule is CCC(CC)CNc1cccc(C(O)CC#N)c1. The fourth-order valence-corrected chi connectivity index (χ4v) is 1.90. The molecule has 0 fully saturated rings. The minimum absolute atomic E-state index is 0.135. The summed E-state index contributed by atoms with van der Waals surface area (Å²) in [4.78, 5) is 0. The van der Waals surface area contributed by atoms with Gasteiger partial charge in [0.2, 0.25) is 0 Å². The summed E-state index contributed by atoms with van der Waals surface area (Å²) in [7, 11) is 0. The van der Waals surface area contributed by atoms with Gasteiger partial charge in [0.25, 0.3) is 0 Å². The molecule has 0 heterocycles. The molecule has 1 aromatic rings. The minimum Gasteiger partial charge on any atom is -0.387 e. The van der Waals surface area contributed by atoms with Crippen LogP contribution in [0.4, 0.5) is 5.69 Å². The highest BCUT2D eigenvalue weighted by atomic mass is 16.3. The molecule has 3 nitrogen and oxygen atoms in total. The van der Waals surface area contributed by atoms with E-state index >= 15 is 0 Å². The fraction of sp³-hybridized carbons (Fsp3) is 0.533. The van der Waals surface area contributed by atoms with Gasteiger partial charge < -0.3 is 10.4 Å². The number of nitrogens with one attached hydrogen (secondary N) is 1. The van der Waals surface area contributed by atoms with Crippen LogP contribution in [0.15, 0.2) is 24.3 Å². The number of aliphatic hydroxyl groups excluding tert-OH is 1. The quantitative estimate of drug-likeness (QED) is 0.774. The molecular formula is C15H22N2O. The van der Waals surface area contributed by atoms with E-state index in [2.05, 4.69) is 19.2 Å². The van der Waals surface area contributed by atoms with E-state index in [-0.39, 0.29) is 6.42 Å². The van der Waals surface area contributed by atoms with Gasteiger partial charge in [-0.1, -0.05) is 38.8 Å². The van der Waals surface area contributed by atoms with Gasteiger partial charge in [-0.15, -0.1) is 0 Å². The van der Waals surface area contributed by atoms with Gasteiger partial charge in [0, 0.05) is 12.2 Å². The summed E-state index contributed by atoms with van der Waals surface area (Å²) < 4.78 is 0. The highest BCUT2D eigenvalue weighted by Crippen LogP contribution is 2.20. The Bertz CT molecular complexity index is 394. The molecule has 2 N–H and O–H groups in total. The van der Waals surface area contributed by atoms with Crippen molar-refractivity contribution in [1.29, 1.82) is 5.26 Å². The lowest BCUT2D eigenvalue weighted by Gasteiger charge is -2.15. The van der Waals surface area contributed by atoms with E-state index in [1.165, 1.54) is 12.8 Å². The molecule has 1 rings (SSSR count). The van der Waals surface area contributed by atoms with Crippen LogP contribution in [-0.2, 0) is 0 Å². The Labute approximate surface area is 109 Å². The molecule has 0 radical (unpaired) electrons. The smallest absolute Gasteiger partial charge is 0.0920 e. The van der Waals surface area contributed by atoms with Crippen molar-refractivity contribution in [3.05, 3.63) is 29.8 Å². The number of hydrogen-bond donors (Lipinski definition) is 2. The second kappa shape index (κ2) is 7.73. The van der Waals surface area contributed by atoms with Gasteiger partial charge in [-0.05, 0) is 23.6 Å². The maximum absolute atomic E-state index is 9.76. The van der Waals surface area contributed by atoms with Crippen molar-refractivity contribution in [2.24, 2.45) is 5.92 Å². The van der Waals surface area contributed by atoms with Crippen LogP contribution in [0.25, 0.3) is 0 Å². The number of anilines is 1. The van der Waals surface area contributed by atoms with E-state index in [0.717, 1.165) is 17.8 Å². The predicted molar refractivity (Wildman–Crippen MR) is 74.2 cm³/mol. The number of nitrogens with zero attached hydrogens (tertiary/aromatic N) is 1. The molecule has 1 unspecified atom stereocenters. The molecule has 1 aromatic carbocycles. The molecular weight excluding hydrogens is 224 g/mol. The highest BCUT2D eigenvalue weighted by molar-refractivity contribution is 5.46. The normalized spacial score (nSPS) is 12.2. The number of aliphatic hydroxyl groups is 1. The molecule has 3 heteroatoms. The maximum atomic E-state index is 9.76. The van der Waals surface area contributed by atoms with E-state index in [9.17, 15) is 5.11 Å². The van der Waals surface area contributed by atoms with Crippen molar-refractivity contribution in [2.45, 2.75) is 39.2 Å². The Morgan fingerprint density at radius 1 is 1.33 bits per heavy atom. The zero-order chi connectivity index (χ0) is 13.4. The fourth-order valence-electron chi connectivity index (χ4n) is 1.90. The lowest BCUT2D eigenvalue weighted by atomic mass is 10.0. The second-order valence-corrected chi connectivity index (χ2v) is 4.57. The van der Waals surface area contributed by atoms with Crippen LogP contribution >= 0.6 is 0 Å². The van der Waals surface area contributed by atoms with Crippen LogP contribution in [-0.4, -0.2) is 11.7 Å². The third-order valence-corrected chi connectivity index (χ3v) is 3.31. The molecule has 0 bridgehead atoms. The molecule has 0 saturated carbocycles. The summed E-state index contributed by atoms with van der Waals surface area (Å²) >= 11 is 0. The molecule has 0 aliphatic rings. The van der Waals surface area contributed by atoms with Crippen molar-refractivity contribution in [1.82, 2.24) is 0 Å². The Hall–Kier alpha value is -1.53. The van der Waals surface area contributed by atoms with Crippen LogP contribution in [0.3, 0.4) is 0 Å². The molecule has 98 valence electrons. The summed E-state index contributed by atoms with van der Waals surface area (Å²) in [6.07, 6.45) is 1.78. The Balaban J connectivity index is 2.62. The molecule has 18 heavy (non-hydrogen) atoms. The zero-order valence-corrected chi connectivity index (χ0v) is 11.2. The first-order chi connectivity index (χ1) is 8.71. The largest absolute Gasteiger partial charge is 0.387 e. The van der Waals surface area contributed by atoms with Crippen molar-refractivity contribution < 1.29 is 5.11 Å². The average Bonchev–Trinajstić information content (AvgIpc) is 2.40. The molecule has 0 spiro atoms. The zero-order valence-electron chi connectivity index (χ0n) is 11.2. The second-order valence-electron chi connectivity index (χ2n) is 4.57. The first-order valence-electron chi connectivity index (χ1n) is 6.60. The van der Waals surface area contributed by atoms with Crippen molar-refractivity contribution in [3.63, 3.8) is 0 Å². The molecule has 0 aliphatic heterocycles. The lowest BCUT2D eigenvalue weighted by Crippen LogP contribution is -2.12. The maximum Gasteiger partial charge on any atom is 0.0920 e. The average molecular weight is 246 g/mol. The van der Waals surface area contributed by atoms with E-state index in [1.54, 1.807) is 0 Å². The first kappa shape index (κ1) is 14.5. The van der Waals surface area contributed by atoms with Crippen LogP contribution in [0, 0.1) is 17.2 Å². The van der Waals surface area contributed by atoms with Gasteiger partial charge in [0.05, 0.1) is 18.6 Å².